The summed E-state index contributed by atoms with van der Waals surface area (Å²) in [5.74, 6) is -0.632. The van der Waals surface area contributed by atoms with Crippen molar-refractivity contribution in [1.29, 1.82) is 0 Å². The van der Waals surface area contributed by atoms with Crippen molar-refractivity contribution in [3.63, 3.8) is 0 Å². The van der Waals surface area contributed by atoms with E-state index in [1.165, 1.54) is 20.3 Å². The van der Waals surface area contributed by atoms with E-state index in [-0.39, 0.29) is 11.3 Å². The second-order valence-corrected chi connectivity index (χ2v) is 5.01. The molecule has 0 aromatic heterocycles. The van der Waals surface area contributed by atoms with Gasteiger partial charge in [-0.2, -0.15) is 4.99 Å². The van der Waals surface area contributed by atoms with E-state index < -0.39 is 11.5 Å². The van der Waals surface area contributed by atoms with Crippen molar-refractivity contribution in [3.05, 3.63) is 23.3 Å². The number of isocyanates is 1. The van der Waals surface area contributed by atoms with Crippen LogP contribution in [0.3, 0.4) is 0 Å². The Morgan fingerprint density at radius 1 is 1.29 bits per heavy atom. The Morgan fingerprint density at radius 3 is 2.43 bits per heavy atom. The van der Waals surface area contributed by atoms with Gasteiger partial charge in [-0.05, 0) is 30.5 Å². The molecule has 1 fully saturated rings. The van der Waals surface area contributed by atoms with Crippen molar-refractivity contribution < 1.29 is 24.2 Å². The van der Waals surface area contributed by atoms with Crippen LogP contribution in [-0.4, -0.2) is 31.4 Å². The highest BCUT2D eigenvalue weighted by Gasteiger charge is 2.37. The molecule has 0 aliphatic heterocycles. The second kappa shape index (κ2) is 5.97. The molecule has 0 spiro atoms. The van der Waals surface area contributed by atoms with Crippen molar-refractivity contribution in [3.8, 4) is 11.5 Å². The largest absolute Gasteiger partial charge is 0.493 e. The molecule has 0 bridgehead atoms. The fraction of sp³-hybridized carbons (Fsp3) is 0.467. The molecule has 0 atom stereocenters. The normalized spacial score (nSPS) is 16.1. The number of hydrogen-bond acceptors (Lipinski definition) is 5. The summed E-state index contributed by atoms with van der Waals surface area (Å²) in [6.07, 6.45) is 4.87. The van der Waals surface area contributed by atoms with Gasteiger partial charge < -0.3 is 14.6 Å². The summed E-state index contributed by atoms with van der Waals surface area (Å²) in [7, 11) is 2.83. The first kappa shape index (κ1) is 15.1. The molecule has 0 heterocycles. The average molecular weight is 291 g/mol. The molecule has 1 N–H and O–H groups in total. The number of carbonyl (C=O) groups excluding carboxylic acids is 1. The van der Waals surface area contributed by atoms with Crippen molar-refractivity contribution in [1.82, 2.24) is 0 Å². The maximum absolute atomic E-state index is 11.4. The quantitative estimate of drug-likeness (QED) is 0.665. The van der Waals surface area contributed by atoms with Crippen LogP contribution >= 0.6 is 0 Å². The highest BCUT2D eigenvalue weighted by Crippen LogP contribution is 2.45. The highest BCUT2D eigenvalue weighted by atomic mass is 16.5. The van der Waals surface area contributed by atoms with E-state index in [9.17, 15) is 14.7 Å². The standard InChI is InChI=1S/C15H17NO5/c1-20-12-8-10(7-11(14(18)19)13(12)21-2)15(16-9-17)5-3-4-6-15/h7-8H,3-6H2,1-2H3,(H,18,19). The maximum Gasteiger partial charge on any atom is 0.339 e. The van der Waals surface area contributed by atoms with E-state index in [4.69, 9.17) is 9.47 Å². The van der Waals surface area contributed by atoms with Crippen LogP contribution in [0.25, 0.3) is 0 Å². The van der Waals surface area contributed by atoms with Crippen LogP contribution in [0.15, 0.2) is 17.1 Å². The molecule has 6 heteroatoms. The highest BCUT2D eigenvalue weighted by molar-refractivity contribution is 5.92. The number of carboxylic acids is 1. The van der Waals surface area contributed by atoms with E-state index >= 15 is 0 Å². The van der Waals surface area contributed by atoms with Crippen LogP contribution in [0.2, 0.25) is 0 Å². The minimum absolute atomic E-state index is 0.000719. The van der Waals surface area contributed by atoms with Gasteiger partial charge >= 0.3 is 5.97 Å². The lowest BCUT2D eigenvalue weighted by atomic mass is 9.87. The number of rotatable bonds is 5. The molecule has 0 unspecified atom stereocenters. The van der Waals surface area contributed by atoms with Gasteiger partial charge in [0, 0.05) is 0 Å². The number of methoxy groups -OCH3 is 2. The SMILES string of the molecule is COc1cc(C2(N=C=O)CCCC2)cc(C(=O)O)c1OC. The molecule has 21 heavy (non-hydrogen) atoms. The third-order valence-corrected chi connectivity index (χ3v) is 3.94. The molecule has 0 saturated heterocycles. The minimum Gasteiger partial charge on any atom is -0.493 e. The number of nitrogens with zero attached hydrogens (tertiary/aromatic N) is 1. The van der Waals surface area contributed by atoms with Gasteiger partial charge in [0.05, 0.1) is 19.8 Å². The van der Waals surface area contributed by atoms with E-state index in [2.05, 4.69) is 4.99 Å². The topological polar surface area (TPSA) is 85.2 Å². The Labute approximate surface area is 122 Å². The number of carbonyl (C=O) groups is 1. The molecule has 112 valence electrons. The van der Waals surface area contributed by atoms with Gasteiger partial charge in [-0.15, -0.1) is 0 Å². The van der Waals surface area contributed by atoms with E-state index in [1.807, 2.05) is 0 Å². The Bertz CT molecular complexity index is 598. The molecule has 6 nitrogen and oxygen atoms in total. The fourth-order valence-corrected chi connectivity index (χ4v) is 2.90. The van der Waals surface area contributed by atoms with Crippen LogP contribution in [-0.2, 0) is 10.3 Å². The summed E-state index contributed by atoms with van der Waals surface area (Å²) in [6, 6.07) is 3.20. The van der Waals surface area contributed by atoms with Crippen molar-refractivity contribution in [2.75, 3.05) is 14.2 Å². The average Bonchev–Trinajstić information content (AvgIpc) is 2.95. The number of carboxylic acid groups (broad SMARTS) is 1. The Morgan fingerprint density at radius 2 is 1.95 bits per heavy atom. The maximum atomic E-state index is 11.4. The first-order valence-corrected chi connectivity index (χ1v) is 6.67. The van der Waals surface area contributed by atoms with Crippen LogP contribution in [0.5, 0.6) is 11.5 Å². The van der Waals surface area contributed by atoms with Gasteiger partial charge in [-0.25, -0.2) is 9.59 Å². The third kappa shape index (κ3) is 2.62. The molecular formula is C15H17NO5. The molecule has 1 aromatic carbocycles. The number of ether oxygens (including phenoxy) is 2. The van der Waals surface area contributed by atoms with Crippen LogP contribution in [0.4, 0.5) is 0 Å². The van der Waals surface area contributed by atoms with E-state index in [0.717, 1.165) is 12.8 Å². The predicted molar refractivity (Wildman–Crippen MR) is 74.8 cm³/mol. The first-order chi connectivity index (χ1) is 10.1. The number of hydrogen-bond donors (Lipinski definition) is 1. The molecule has 1 aliphatic rings. The monoisotopic (exact) mass is 291 g/mol. The summed E-state index contributed by atoms with van der Waals surface area (Å²) in [5.41, 5.74) is -0.0523. The van der Waals surface area contributed by atoms with E-state index in [1.54, 1.807) is 12.1 Å². The van der Waals surface area contributed by atoms with Crippen LogP contribution < -0.4 is 9.47 Å². The lowest BCUT2D eigenvalue weighted by Crippen LogP contribution is -2.20. The van der Waals surface area contributed by atoms with Gasteiger partial charge in [0.15, 0.2) is 11.5 Å². The summed E-state index contributed by atoms with van der Waals surface area (Å²) >= 11 is 0. The zero-order valence-electron chi connectivity index (χ0n) is 12.0. The summed E-state index contributed by atoms with van der Waals surface area (Å²) in [4.78, 5) is 26.2. The molecule has 0 radical (unpaired) electrons. The Hall–Kier alpha value is -2.33. The number of benzene rings is 1. The van der Waals surface area contributed by atoms with Gasteiger partial charge in [-0.1, -0.05) is 12.8 Å². The molecule has 1 aliphatic carbocycles. The lowest BCUT2D eigenvalue weighted by molar-refractivity contribution is 0.0692. The molecule has 1 aromatic rings. The minimum atomic E-state index is -1.12. The van der Waals surface area contributed by atoms with Crippen molar-refractivity contribution >= 4 is 12.0 Å². The number of aromatic carboxylic acids is 1. The van der Waals surface area contributed by atoms with Gasteiger partial charge in [0.2, 0.25) is 6.08 Å². The van der Waals surface area contributed by atoms with Gasteiger partial charge in [0.25, 0.3) is 0 Å². The molecule has 2 rings (SSSR count). The fourth-order valence-electron chi connectivity index (χ4n) is 2.90. The summed E-state index contributed by atoms with van der Waals surface area (Å²) in [5, 5.41) is 9.35. The molecular weight excluding hydrogens is 274 g/mol. The molecule has 0 amide bonds. The predicted octanol–water partition coefficient (Wildman–Crippen LogP) is 2.51. The summed E-state index contributed by atoms with van der Waals surface area (Å²) in [6.45, 7) is 0. The Kier molecular flexibility index (Phi) is 4.29. The van der Waals surface area contributed by atoms with Gasteiger partial charge in [-0.3, -0.25) is 0 Å². The first-order valence-electron chi connectivity index (χ1n) is 6.67. The molecule has 1 saturated carbocycles. The van der Waals surface area contributed by atoms with Crippen molar-refractivity contribution in [2.45, 2.75) is 31.2 Å². The van der Waals surface area contributed by atoms with Gasteiger partial charge in [0.1, 0.15) is 5.56 Å². The number of aliphatic imine (C=N–C) groups is 1. The second-order valence-electron chi connectivity index (χ2n) is 5.01. The Balaban J connectivity index is 2.66. The van der Waals surface area contributed by atoms with Crippen LogP contribution in [0.1, 0.15) is 41.6 Å². The smallest absolute Gasteiger partial charge is 0.339 e. The third-order valence-electron chi connectivity index (χ3n) is 3.94. The lowest BCUT2D eigenvalue weighted by Gasteiger charge is -2.24. The van der Waals surface area contributed by atoms with Crippen LogP contribution in [0, 0.1) is 0 Å². The van der Waals surface area contributed by atoms with E-state index in [0.29, 0.717) is 24.2 Å². The summed E-state index contributed by atoms with van der Waals surface area (Å²) < 4.78 is 10.3. The zero-order valence-corrected chi connectivity index (χ0v) is 12.0. The van der Waals surface area contributed by atoms with Crippen molar-refractivity contribution in [2.24, 2.45) is 4.99 Å². The zero-order chi connectivity index (χ0) is 15.5.